The Kier molecular flexibility index (Phi) is 8.19. The number of imide groups is 1. The van der Waals surface area contributed by atoms with Crippen LogP contribution in [0, 0.1) is 5.92 Å². The first-order valence-corrected chi connectivity index (χ1v) is 15.9. The lowest BCUT2D eigenvalue weighted by Crippen LogP contribution is -2.45. The van der Waals surface area contributed by atoms with Gasteiger partial charge in [-0.1, -0.05) is 52.7 Å². The van der Waals surface area contributed by atoms with Gasteiger partial charge in [0.2, 0.25) is 0 Å². The Balaban J connectivity index is 1.19. The third kappa shape index (κ3) is 5.53. The van der Waals surface area contributed by atoms with Gasteiger partial charge in [-0.05, 0) is 84.5 Å². The predicted octanol–water partition coefficient (Wildman–Crippen LogP) is 6.13. The normalized spacial score (nSPS) is 24.1. The molecule has 47 heavy (non-hydrogen) atoms. The number of methoxy groups -OCH3 is 2. The van der Waals surface area contributed by atoms with E-state index in [0.717, 1.165) is 52.3 Å². The third-order valence-corrected chi connectivity index (χ3v) is 9.51. The molecule has 1 saturated carbocycles. The maximum atomic E-state index is 14.2. The fraction of sp³-hybridized carbons (Fsp3) is 0.294. The lowest BCUT2D eigenvalue weighted by Gasteiger charge is -2.30. The highest BCUT2D eigenvalue weighted by atomic mass is 35.5. The number of carbonyl (C=O) groups is 3. The number of hydrogen-bond acceptors (Lipinski definition) is 9. The lowest BCUT2D eigenvalue weighted by molar-refractivity contribution is -0.136. The number of rotatable bonds is 7. The Hall–Kier alpha value is -4.74. The second-order valence-corrected chi connectivity index (χ2v) is 12.5. The average Bonchev–Trinajstić information content (AvgIpc) is 3.75. The summed E-state index contributed by atoms with van der Waals surface area (Å²) in [7, 11) is 3.24. The molecule has 0 aromatic heterocycles. The SMILES string of the molecule is COc1ccc(/C=C2\CCC[C@H]3C2=NN(C(=O)CN2N=N[C@@H]4C(=O)N(c5ccc(Cl)cc5Cl)C(=O)[C@@H]42)[C@@H]3c2ccc(OC)cc2)cc1. The standard InChI is InChI=1S/C34H30Cl2N6O5/c1-46-23-11-6-19(7-12-23)16-21-4-3-5-25-29(21)38-42(31(25)20-8-13-24(47-2)14-9-20)28(43)18-40-32-30(37-39-40)33(44)41(34(32)45)27-15-10-22(35)17-26(27)36/h6-17,25,30-32H,3-5,18H2,1-2H3/b21-16+/t25-,30-,31+,32+/m0/s1. The smallest absolute Gasteiger partial charge is 0.264 e. The van der Waals surface area contributed by atoms with Crippen LogP contribution in [0.25, 0.3) is 6.08 Å². The number of hydrogen-bond donors (Lipinski definition) is 0. The van der Waals surface area contributed by atoms with Gasteiger partial charge in [0.1, 0.15) is 18.0 Å². The van der Waals surface area contributed by atoms with Crippen LogP contribution in [0.3, 0.4) is 0 Å². The van der Waals surface area contributed by atoms with Crippen LogP contribution in [0.5, 0.6) is 11.5 Å². The summed E-state index contributed by atoms with van der Waals surface area (Å²) in [5, 5.41) is 16.4. The molecule has 3 aromatic carbocycles. The number of nitrogens with zero attached hydrogens (tertiary/aromatic N) is 6. The average molecular weight is 674 g/mol. The molecule has 0 unspecified atom stereocenters. The van der Waals surface area contributed by atoms with E-state index in [-0.39, 0.29) is 35.1 Å². The summed E-state index contributed by atoms with van der Waals surface area (Å²) >= 11 is 12.4. The fourth-order valence-corrected chi connectivity index (χ4v) is 7.20. The first-order chi connectivity index (χ1) is 22.8. The Labute approximate surface area is 281 Å². The maximum Gasteiger partial charge on any atom is 0.264 e. The van der Waals surface area contributed by atoms with E-state index in [1.807, 2.05) is 48.5 Å². The number of benzene rings is 3. The lowest BCUT2D eigenvalue weighted by atomic mass is 9.77. The van der Waals surface area contributed by atoms with E-state index >= 15 is 0 Å². The fourth-order valence-electron chi connectivity index (χ4n) is 6.71. The molecule has 2 fully saturated rings. The minimum absolute atomic E-state index is 0.0456. The first-order valence-electron chi connectivity index (χ1n) is 15.2. The van der Waals surface area contributed by atoms with Crippen molar-refractivity contribution < 1.29 is 23.9 Å². The van der Waals surface area contributed by atoms with Crippen molar-refractivity contribution >= 4 is 58.4 Å². The molecule has 13 heteroatoms. The van der Waals surface area contributed by atoms with E-state index < -0.39 is 23.9 Å². The molecule has 4 atom stereocenters. The molecular weight excluding hydrogens is 643 g/mol. The van der Waals surface area contributed by atoms with E-state index in [1.54, 1.807) is 20.3 Å². The van der Waals surface area contributed by atoms with E-state index in [0.29, 0.717) is 10.8 Å². The van der Waals surface area contributed by atoms with Gasteiger partial charge in [0.25, 0.3) is 17.7 Å². The number of carbonyl (C=O) groups excluding carboxylic acids is 3. The zero-order valence-corrected chi connectivity index (χ0v) is 27.1. The highest BCUT2D eigenvalue weighted by Crippen LogP contribution is 2.45. The highest BCUT2D eigenvalue weighted by Gasteiger charge is 2.56. The second-order valence-electron chi connectivity index (χ2n) is 11.7. The molecule has 3 amide bonds. The number of halogens is 2. The van der Waals surface area contributed by atoms with Crippen LogP contribution in [0.2, 0.25) is 10.0 Å². The maximum absolute atomic E-state index is 14.2. The number of ether oxygens (including phenoxy) is 2. The van der Waals surface area contributed by atoms with Crippen molar-refractivity contribution in [1.29, 1.82) is 0 Å². The number of amides is 3. The van der Waals surface area contributed by atoms with Crippen molar-refractivity contribution in [1.82, 2.24) is 10.0 Å². The quantitative estimate of drug-likeness (QED) is 0.279. The second kappa shape index (κ2) is 12.5. The van der Waals surface area contributed by atoms with Crippen molar-refractivity contribution in [2.24, 2.45) is 21.4 Å². The van der Waals surface area contributed by atoms with Crippen LogP contribution in [0.1, 0.15) is 36.4 Å². The minimum Gasteiger partial charge on any atom is -0.497 e. The van der Waals surface area contributed by atoms with E-state index in [1.165, 1.54) is 22.2 Å². The molecule has 240 valence electrons. The highest BCUT2D eigenvalue weighted by molar-refractivity contribution is 6.38. The zero-order chi connectivity index (χ0) is 32.8. The topological polar surface area (TPSA) is 116 Å². The summed E-state index contributed by atoms with van der Waals surface area (Å²) in [5.74, 6) is -0.0890. The van der Waals surface area contributed by atoms with Crippen LogP contribution < -0.4 is 14.4 Å². The van der Waals surface area contributed by atoms with Crippen molar-refractivity contribution in [2.75, 3.05) is 25.7 Å². The summed E-state index contributed by atoms with van der Waals surface area (Å²) < 4.78 is 10.7. The molecule has 1 aliphatic carbocycles. The predicted molar refractivity (Wildman–Crippen MR) is 176 cm³/mol. The van der Waals surface area contributed by atoms with Gasteiger partial charge in [-0.15, -0.1) is 0 Å². The first kappa shape index (κ1) is 30.9. The molecule has 7 rings (SSSR count). The largest absolute Gasteiger partial charge is 0.497 e. The van der Waals surface area contributed by atoms with Gasteiger partial charge in [-0.3, -0.25) is 19.4 Å². The molecule has 4 aliphatic rings. The minimum atomic E-state index is -1.09. The molecule has 1 saturated heterocycles. The molecule has 0 bridgehead atoms. The number of allylic oxidation sites excluding steroid dienone is 1. The Morgan fingerprint density at radius 1 is 0.936 bits per heavy atom. The summed E-state index contributed by atoms with van der Waals surface area (Å²) in [6.07, 6.45) is 4.71. The molecule has 0 radical (unpaired) electrons. The monoisotopic (exact) mass is 672 g/mol. The summed E-state index contributed by atoms with van der Waals surface area (Å²) in [4.78, 5) is 42.1. The van der Waals surface area contributed by atoms with E-state index in [4.69, 9.17) is 37.8 Å². The molecule has 3 heterocycles. The van der Waals surface area contributed by atoms with Gasteiger partial charge in [-0.2, -0.15) is 10.2 Å². The van der Waals surface area contributed by atoms with Crippen LogP contribution in [-0.2, 0) is 14.4 Å². The van der Waals surface area contributed by atoms with Crippen LogP contribution >= 0.6 is 23.2 Å². The third-order valence-electron chi connectivity index (χ3n) is 8.98. The van der Waals surface area contributed by atoms with Crippen LogP contribution in [-0.4, -0.2) is 66.3 Å². The van der Waals surface area contributed by atoms with Gasteiger partial charge in [0, 0.05) is 10.9 Å². The van der Waals surface area contributed by atoms with Crippen molar-refractivity contribution in [3.63, 3.8) is 0 Å². The Morgan fingerprint density at radius 2 is 1.64 bits per heavy atom. The van der Waals surface area contributed by atoms with Crippen molar-refractivity contribution in [2.45, 2.75) is 37.4 Å². The van der Waals surface area contributed by atoms with Gasteiger partial charge in [0.15, 0.2) is 12.1 Å². The van der Waals surface area contributed by atoms with E-state index in [2.05, 4.69) is 16.4 Å². The summed E-state index contributed by atoms with van der Waals surface area (Å²) in [6.45, 7) is -0.306. The number of anilines is 1. The molecule has 0 N–H and O–H groups in total. The van der Waals surface area contributed by atoms with E-state index in [9.17, 15) is 14.4 Å². The molecule has 3 aromatic rings. The van der Waals surface area contributed by atoms with Gasteiger partial charge < -0.3 is 9.47 Å². The molecule has 11 nitrogen and oxygen atoms in total. The Bertz CT molecular complexity index is 1840. The number of hydrazone groups is 1. The molecular formula is C34H30Cl2N6O5. The molecule has 3 aliphatic heterocycles. The zero-order valence-electron chi connectivity index (χ0n) is 25.5. The van der Waals surface area contributed by atoms with Gasteiger partial charge >= 0.3 is 0 Å². The molecule has 0 spiro atoms. The van der Waals surface area contributed by atoms with Crippen LogP contribution in [0.4, 0.5) is 5.69 Å². The number of fused-ring (bicyclic) bond motifs is 2. The van der Waals surface area contributed by atoms with Crippen molar-refractivity contribution in [3.8, 4) is 11.5 Å². The van der Waals surface area contributed by atoms with Crippen LogP contribution in [0.15, 0.2) is 87.7 Å². The van der Waals surface area contributed by atoms with Crippen molar-refractivity contribution in [3.05, 3.63) is 93.5 Å². The Morgan fingerprint density at radius 3 is 2.32 bits per heavy atom. The summed E-state index contributed by atoms with van der Waals surface area (Å²) in [5.41, 5.74) is 4.04. The summed E-state index contributed by atoms with van der Waals surface area (Å²) in [6, 6.07) is 17.4. The van der Waals surface area contributed by atoms with Gasteiger partial charge in [-0.25, -0.2) is 9.91 Å². The van der Waals surface area contributed by atoms with Gasteiger partial charge in [0.05, 0.1) is 36.7 Å².